The largest absolute Gasteiger partial charge is 0.434 e. The molecule has 6 heteroatoms. The van der Waals surface area contributed by atoms with Crippen molar-refractivity contribution in [2.75, 3.05) is 0 Å². The normalized spacial score (nSPS) is 12.7. The maximum atomic E-state index is 11.9. The van der Waals surface area contributed by atoms with Gasteiger partial charge in [-0.15, -0.1) is 0 Å². The Morgan fingerprint density at radius 1 is 1.10 bits per heavy atom. The summed E-state index contributed by atoms with van der Waals surface area (Å²) in [4.78, 5) is 33.8. The summed E-state index contributed by atoms with van der Waals surface area (Å²) < 4.78 is 0. The van der Waals surface area contributed by atoms with Crippen LogP contribution in [0.25, 0.3) is 0 Å². The highest BCUT2D eigenvalue weighted by atomic mass is 16.7. The lowest BCUT2D eigenvalue weighted by Crippen LogP contribution is -2.34. The number of benzene rings is 1. The molecule has 1 N–H and O–H groups in total. The molecule has 6 nitrogen and oxygen atoms in total. The summed E-state index contributed by atoms with van der Waals surface area (Å²) in [6, 6.07) is 11.0. The third-order valence-corrected chi connectivity index (χ3v) is 3.25. The minimum absolute atomic E-state index is 0.329. The predicted molar refractivity (Wildman–Crippen MR) is 73.9 cm³/mol. The van der Waals surface area contributed by atoms with Gasteiger partial charge in [0.05, 0.1) is 5.56 Å². The first-order valence-corrected chi connectivity index (χ1v) is 6.47. The number of rotatable bonds is 1. The number of amides is 2. The third-order valence-electron chi connectivity index (χ3n) is 3.25. The Morgan fingerprint density at radius 3 is 2.43 bits per heavy atom. The van der Waals surface area contributed by atoms with E-state index in [1.165, 1.54) is 11.1 Å². The first kappa shape index (κ1) is 13.1. The highest BCUT2D eigenvalue weighted by Gasteiger charge is 2.24. The minimum atomic E-state index is -0.580. The van der Waals surface area contributed by atoms with E-state index in [1.807, 2.05) is 24.3 Å². The van der Waals surface area contributed by atoms with E-state index in [0.717, 1.165) is 11.1 Å². The molecule has 1 aromatic carbocycles. The molecule has 3 rings (SSSR count). The molecule has 2 aromatic rings. The minimum Gasteiger partial charge on any atom is -0.321 e. The lowest BCUT2D eigenvalue weighted by Gasteiger charge is -2.14. The summed E-state index contributed by atoms with van der Waals surface area (Å²) in [5, 5.41) is 0. The lowest BCUT2D eigenvalue weighted by molar-refractivity contribution is 0.0415. The lowest BCUT2D eigenvalue weighted by atomic mass is 10.1. The maximum Gasteiger partial charge on any atom is 0.434 e. The number of carbonyl (C=O) groups is 2. The average Bonchev–Trinajstić information content (AvgIpc) is 2.97. The van der Waals surface area contributed by atoms with Gasteiger partial charge in [0.2, 0.25) is 0 Å². The van der Waals surface area contributed by atoms with Crippen LogP contribution in [0, 0.1) is 0 Å². The summed E-state index contributed by atoms with van der Waals surface area (Å²) in [5.74, 6) is -0.506. The number of nitrogens with zero attached hydrogens (tertiary/aromatic N) is 2. The van der Waals surface area contributed by atoms with Gasteiger partial charge >= 0.3 is 6.09 Å². The Bertz CT molecular complexity index is 648. The van der Waals surface area contributed by atoms with Gasteiger partial charge in [0.1, 0.15) is 0 Å². The van der Waals surface area contributed by atoms with Crippen LogP contribution < -0.4 is 5.48 Å². The van der Waals surface area contributed by atoms with E-state index in [9.17, 15) is 9.59 Å². The molecule has 0 aliphatic carbocycles. The fraction of sp³-hybridized carbons (Fsp3) is 0.133. The molecule has 1 aliphatic rings. The molecule has 0 atom stereocenters. The standard InChI is InChI=1S/C15H13N3O3/c19-14(11-6-3-7-16-8-11)17-21-15(20)18-9-12-4-1-2-5-13(12)10-18/h1-8H,9-10H2,(H,17,19). The molecule has 0 bridgehead atoms. The fourth-order valence-corrected chi connectivity index (χ4v) is 2.17. The van der Waals surface area contributed by atoms with E-state index in [1.54, 1.807) is 18.3 Å². The number of hydrogen-bond donors (Lipinski definition) is 1. The van der Waals surface area contributed by atoms with Crippen LogP contribution in [-0.4, -0.2) is 21.9 Å². The highest BCUT2D eigenvalue weighted by molar-refractivity contribution is 5.93. The van der Waals surface area contributed by atoms with E-state index < -0.39 is 12.0 Å². The maximum absolute atomic E-state index is 11.9. The number of pyridine rings is 1. The molecule has 1 aromatic heterocycles. The zero-order chi connectivity index (χ0) is 14.7. The quantitative estimate of drug-likeness (QED) is 0.811. The first-order chi connectivity index (χ1) is 10.2. The summed E-state index contributed by atoms with van der Waals surface area (Å²) in [5.41, 5.74) is 4.64. The Labute approximate surface area is 121 Å². The van der Waals surface area contributed by atoms with Crippen molar-refractivity contribution in [1.82, 2.24) is 15.4 Å². The Hall–Kier alpha value is -2.89. The molecule has 1 aliphatic heterocycles. The van der Waals surface area contributed by atoms with E-state index in [-0.39, 0.29) is 0 Å². The van der Waals surface area contributed by atoms with E-state index in [0.29, 0.717) is 18.7 Å². The zero-order valence-corrected chi connectivity index (χ0v) is 11.2. The predicted octanol–water partition coefficient (Wildman–Crippen LogP) is 1.88. The highest BCUT2D eigenvalue weighted by Crippen LogP contribution is 2.22. The van der Waals surface area contributed by atoms with Gasteiger partial charge in [0.15, 0.2) is 0 Å². The fourth-order valence-electron chi connectivity index (χ4n) is 2.17. The Balaban J connectivity index is 1.55. The van der Waals surface area contributed by atoms with E-state index in [2.05, 4.69) is 10.5 Å². The third kappa shape index (κ3) is 2.84. The van der Waals surface area contributed by atoms with Gasteiger partial charge in [-0.3, -0.25) is 14.7 Å². The van der Waals surface area contributed by atoms with Crippen LogP contribution in [0.4, 0.5) is 4.79 Å². The van der Waals surface area contributed by atoms with Crippen molar-refractivity contribution in [3.8, 4) is 0 Å². The van der Waals surface area contributed by atoms with Gasteiger partial charge < -0.3 is 4.84 Å². The molecule has 21 heavy (non-hydrogen) atoms. The molecule has 0 fully saturated rings. The molecule has 2 amide bonds. The molecule has 0 unspecified atom stereocenters. The van der Waals surface area contributed by atoms with Crippen molar-refractivity contribution < 1.29 is 14.4 Å². The van der Waals surface area contributed by atoms with Crippen LogP contribution in [0.1, 0.15) is 21.5 Å². The number of fused-ring (bicyclic) bond motifs is 1. The average molecular weight is 283 g/mol. The Morgan fingerprint density at radius 2 is 1.81 bits per heavy atom. The van der Waals surface area contributed by atoms with Crippen LogP contribution >= 0.6 is 0 Å². The van der Waals surface area contributed by atoms with Gasteiger partial charge in [-0.2, -0.15) is 5.48 Å². The second-order valence-electron chi connectivity index (χ2n) is 4.67. The zero-order valence-electron chi connectivity index (χ0n) is 11.2. The van der Waals surface area contributed by atoms with Gasteiger partial charge in [-0.25, -0.2) is 4.79 Å². The molecule has 0 saturated heterocycles. The van der Waals surface area contributed by atoms with Crippen LogP contribution in [0.5, 0.6) is 0 Å². The molecular weight excluding hydrogens is 270 g/mol. The van der Waals surface area contributed by atoms with Crippen LogP contribution in [0.15, 0.2) is 48.8 Å². The van der Waals surface area contributed by atoms with Gasteiger partial charge in [0.25, 0.3) is 5.91 Å². The van der Waals surface area contributed by atoms with Crippen molar-refractivity contribution in [3.05, 3.63) is 65.5 Å². The number of carbonyl (C=O) groups excluding carboxylic acids is 2. The van der Waals surface area contributed by atoms with Gasteiger partial charge in [-0.1, -0.05) is 24.3 Å². The summed E-state index contributed by atoms with van der Waals surface area (Å²) in [6.07, 6.45) is 2.38. The van der Waals surface area contributed by atoms with E-state index >= 15 is 0 Å². The van der Waals surface area contributed by atoms with Gasteiger partial charge in [0, 0.05) is 25.5 Å². The molecule has 2 heterocycles. The summed E-state index contributed by atoms with van der Waals surface area (Å²) in [7, 11) is 0. The van der Waals surface area contributed by atoms with Crippen LogP contribution in [0.2, 0.25) is 0 Å². The SMILES string of the molecule is O=C(NOC(=O)N1Cc2ccccc2C1)c1cccnc1. The van der Waals surface area contributed by atoms with E-state index in [4.69, 9.17) is 4.84 Å². The van der Waals surface area contributed by atoms with Gasteiger partial charge in [-0.05, 0) is 23.3 Å². The molecule has 0 spiro atoms. The van der Waals surface area contributed by atoms with Crippen LogP contribution in [-0.2, 0) is 17.9 Å². The number of hydrogen-bond acceptors (Lipinski definition) is 4. The van der Waals surface area contributed by atoms with Crippen molar-refractivity contribution >= 4 is 12.0 Å². The second kappa shape index (κ2) is 5.62. The number of hydroxylamine groups is 1. The topological polar surface area (TPSA) is 71.5 Å². The second-order valence-corrected chi connectivity index (χ2v) is 4.67. The molecule has 0 radical (unpaired) electrons. The van der Waals surface area contributed by atoms with Crippen LogP contribution in [0.3, 0.4) is 0 Å². The number of nitrogens with one attached hydrogen (secondary N) is 1. The van der Waals surface area contributed by atoms with Crippen molar-refractivity contribution in [2.45, 2.75) is 13.1 Å². The monoisotopic (exact) mass is 283 g/mol. The molecule has 106 valence electrons. The molecule has 0 saturated carbocycles. The Kier molecular flexibility index (Phi) is 3.51. The summed E-state index contributed by atoms with van der Waals surface area (Å²) >= 11 is 0. The molecular formula is C15H13N3O3. The summed E-state index contributed by atoms with van der Waals surface area (Å²) in [6.45, 7) is 0.968. The smallest absolute Gasteiger partial charge is 0.321 e. The number of aromatic nitrogens is 1. The first-order valence-electron chi connectivity index (χ1n) is 6.47. The van der Waals surface area contributed by atoms with Crippen molar-refractivity contribution in [1.29, 1.82) is 0 Å². The van der Waals surface area contributed by atoms with Crippen molar-refractivity contribution in [2.24, 2.45) is 0 Å². The van der Waals surface area contributed by atoms with Crippen molar-refractivity contribution in [3.63, 3.8) is 0 Å².